The number of carboxylic acids is 1. The van der Waals surface area contributed by atoms with E-state index in [1.165, 1.54) is 6.20 Å². The van der Waals surface area contributed by atoms with E-state index in [0.29, 0.717) is 0 Å². The molecule has 0 aliphatic heterocycles. The number of rotatable bonds is 2. The molecule has 0 aromatic carbocycles. The van der Waals surface area contributed by atoms with Crippen molar-refractivity contribution in [2.24, 2.45) is 0 Å². The second-order valence-electron chi connectivity index (χ2n) is 1.52. The SMILES string of the molecule is N=C(C(=O)O)c1nccs1. The van der Waals surface area contributed by atoms with Gasteiger partial charge in [0, 0.05) is 11.6 Å². The number of hydrogen-bond donors (Lipinski definition) is 2. The predicted octanol–water partition coefficient (Wildman–Crippen LogP) is 0.596. The summed E-state index contributed by atoms with van der Waals surface area (Å²) in [5.74, 6) is -1.24. The second kappa shape index (κ2) is 2.57. The first-order chi connectivity index (χ1) is 4.72. The van der Waals surface area contributed by atoms with Gasteiger partial charge in [-0.15, -0.1) is 11.3 Å². The van der Waals surface area contributed by atoms with Crippen LogP contribution in [-0.4, -0.2) is 21.8 Å². The average molecular weight is 156 g/mol. The lowest BCUT2D eigenvalue weighted by atomic mass is 10.4. The summed E-state index contributed by atoms with van der Waals surface area (Å²) in [7, 11) is 0. The number of carboxylic acid groups (broad SMARTS) is 1. The lowest BCUT2D eigenvalue weighted by Gasteiger charge is -1.87. The number of hydrogen-bond acceptors (Lipinski definition) is 4. The van der Waals surface area contributed by atoms with E-state index in [1.807, 2.05) is 0 Å². The van der Waals surface area contributed by atoms with Crippen LogP contribution >= 0.6 is 11.3 Å². The molecule has 0 amide bonds. The fourth-order valence-corrected chi connectivity index (χ4v) is 1.02. The third-order valence-corrected chi connectivity index (χ3v) is 1.65. The Morgan fingerprint density at radius 1 is 1.80 bits per heavy atom. The van der Waals surface area contributed by atoms with Crippen molar-refractivity contribution in [2.75, 3.05) is 0 Å². The molecule has 0 saturated heterocycles. The first-order valence-electron chi connectivity index (χ1n) is 2.43. The number of thiazole rings is 1. The van der Waals surface area contributed by atoms with Gasteiger partial charge >= 0.3 is 5.97 Å². The topological polar surface area (TPSA) is 74.0 Å². The van der Waals surface area contributed by atoms with Crippen molar-refractivity contribution in [1.82, 2.24) is 4.98 Å². The minimum Gasteiger partial charge on any atom is -0.476 e. The van der Waals surface area contributed by atoms with Crippen molar-refractivity contribution >= 4 is 23.0 Å². The number of carbonyl (C=O) groups is 1. The van der Waals surface area contributed by atoms with Crippen molar-refractivity contribution in [3.05, 3.63) is 16.6 Å². The molecule has 52 valence electrons. The summed E-state index contributed by atoms with van der Waals surface area (Å²) in [6.45, 7) is 0. The number of aliphatic carboxylic acids is 1. The van der Waals surface area contributed by atoms with Gasteiger partial charge in [0.1, 0.15) is 5.01 Å². The molecule has 0 unspecified atom stereocenters. The van der Waals surface area contributed by atoms with E-state index in [2.05, 4.69) is 4.98 Å². The molecule has 0 bridgehead atoms. The molecule has 0 spiro atoms. The lowest BCUT2D eigenvalue weighted by Crippen LogP contribution is -2.11. The molecule has 5 heteroatoms. The van der Waals surface area contributed by atoms with Gasteiger partial charge in [-0.25, -0.2) is 9.78 Å². The molecule has 1 aromatic heterocycles. The Bertz CT molecular complexity index is 255. The summed E-state index contributed by atoms with van der Waals surface area (Å²) >= 11 is 1.14. The highest BCUT2D eigenvalue weighted by Crippen LogP contribution is 2.03. The fraction of sp³-hybridized carbons (Fsp3) is 0. The highest BCUT2D eigenvalue weighted by atomic mass is 32.1. The van der Waals surface area contributed by atoms with E-state index in [9.17, 15) is 4.79 Å². The van der Waals surface area contributed by atoms with Crippen molar-refractivity contribution in [2.45, 2.75) is 0 Å². The highest BCUT2D eigenvalue weighted by Gasteiger charge is 2.10. The molecule has 1 rings (SSSR count). The van der Waals surface area contributed by atoms with Gasteiger partial charge in [0.2, 0.25) is 0 Å². The summed E-state index contributed by atoms with van der Waals surface area (Å²) in [5, 5.41) is 17.1. The molecular weight excluding hydrogens is 152 g/mol. The van der Waals surface area contributed by atoms with Crippen LogP contribution in [0.1, 0.15) is 5.01 Å². The van der Waals surface area contributed by atoms with E-state index in [0.717, 1.165) is 11.3 Å². The molecule has 1 aromatic rings. The number of nitrogens with one attached hydrogen (secondary N) is 1. The van der Waals surface area contributed by atoms with Crippen molar-refractivity contribution in [3.63, 3.8) is 0 Å². The van der Waals surface area contributed by atoms with Crippen LogP contribution in [0.4, 0.5) is 0 Å². The standard InChI is InChI=1S/C5H4N2O2S/c6-3(5(8)9)4-7-1-2-10-4/h1-2,6H,(H,8,9). The van der Waals surface area contributed by atoms with Gasteiger partial charge in [0.25, 0.3) is 0 Å². The van der Waals surface area contributed by atoms with E-state index >= 15 is 0 Å². The molecular formula is C5H4N2O2S. The van der Waals surface area contributed by atoms with Crippen LogP contribution in [0.5, 0.6) is 0 Å². The Kier molecular flexibility index (Phi) is 1.77. The van der Waals surface area contributed by atoms with E-state index < -0.39 is 11.7 Å². The number of aromatic nitrogens is 1. The first kappa shape index (κ1) is 6.88. The van der Waals surface area contributed by atoms with Crippen LogP contribution < -0.4 is 0 Å². The summed E-state index contributed by atoms with van der Waals surface area (Å²) < 4.78 is 0. The lowest BCUT2D eigenvalue weighted by molar-refractivity contribution is -0.129. The summed E-state index contributed by atoms with van der Waals surface area (Å²) in [6.07, 6.45) is 1.47. The van der Waals surface area contributed by atoms with Gasteiger partial charge in [-0.1, -0.05) is 0 Å². The molecule has 0 saturated carbocycles. The monoisotopic (exact) mass is 156 g/mol. The van der Waals surface area contributed by atoms with Crippen LogP contribution in [0.15, 0.2) is 11.6 Å². The highest BCUT2D eigenvalue weighted by molar-refractivity contribution is 7.12. The Morgan fingerprint density at radius 2 is 2.50 bits per heavy atom. The van der Waals surface area contributed by atoms with Crippen LogP contribution in [0.25, 0.3) is 0 Å². The zero-order valence-corrected chi connectivity index (χ0v) is 5.68. The fourth-order valence-electron chi connectivity index (χ4n) is 0.438. The zero-order valence-electron chi connectivity index (χ0n) is 4.87. The Balaban J connectivity index is 2.88. The van der Waals surface area contributed by atoms with Gasteiger partial charge in [-0.05, 0) is 0 Å². The normalized spacial score (nSPS) is 9.20. The minimum atomic E-state index is -1.24. The van der Waals surface area contributed by atoms with Gasteiger partial charge < -0.3 is 5.11 Å². The average Bonchev–Trinajstić information content (AvgIpc) is 2.36. The molecule has 2 N–H and O–H groups in total. The van der Waals surface area contributed by atoms with Gasteiger partial charge in [0.05, 0.1) is 0 Å². The van der Waals surface area contributed by atoms with Crippen molar-refractivity contribution < 1.29 is 9.90 Å². The Morgan fingerprint density at radius 3 is 2.90 bits per heavy atom. The van der Waals surface area contributed by atoms with Crippen LogP contribution in [0.3, 0.4) is 0 Å². The zero-order chi connectivity index (χ0) is 7.56. The second-order valence-corrected chi connectivity index (χ2v) is 2.41. The molecule has 1 heterocycles. The van der Waals surface area contributed by atoms with Gasteiger partial charge in [-0.2, -0.15) is 0 Å². The maximum absolute atomic E-state index is 10.1. The van der Waals surface area contributed by atoms with Crippen LogP contribution in [0, 0.1) is 5.41 Å². The maximum atomic E-state index is 10.1. The predicted molar refractivity (Wildman–Crippen MR) is 36.6 cm³/mol. The molecule has 0 atom stereocenters. The molecule has 0 aliphatic rings. The van der Waals surface area contributed by atoms with E-state index in [1.54, 1.807) is 5.38 Å². The molecule has 4 nitrogen and oxygen atoms in total. The van der Waals surface area contributed by atoms with Gasteiger partial charge in [-0.3, -0.25) is 5.41 Å². The Hall–Kier alpha value is -1.23. The molecule has 0 aliphatic carbocycles. The molecule has 0 radical (unpaired) electrons. The van der Waals surface area contributed by atoms with Crippen molar-refractivity contribution in [1.29, 1.82) is 5.41 Å². The van der Waals surface area contributed by atoms with E-state index in [4.69, 9.17) is 10.5 Å². The quantitative estimate of drug-likeness (QED) is 0.615. The smallest absolute Gasteiger partial charge is 0.356 e. The van der Waals surface area contributed by atoms with Crippen LogP contribution in [0.2, 0.25) is 0 Å². The van der Waals surface area contributed by atoms with Crippen LogP contribution in [-0.2, 0) is 4.79 Å². The third-order valence-electron chi connectivity index (χ3n) is 0.860. The first-order valence-corrected chi connectivity index (χ1v) is 3.31. The Labute approximate surface area is 60.7 Å². The molecule has 10 heavy (non-hydrogen) atoms. The van der Waals surface area contributed by atoms with E-state index in [-0.39, 0.29) is 5.01 Å². The van der Waals surface area contributed by atoms with Crippen molar-refractivity contribution in [3.8, 4) is 0 Å². The third kappa shape index (κ3) is 1.19. The largest absolute Gasteiger partial charge is 0.476 e. The summed E-state index contributed by atoms with van der Waals surface area (Å²) in [5.41, 5.74) is -0.449. The van der Waals surface area contributed by atoms with Gasteiger partial charge in [0.15, 0.2) is 5.71 Å². The molecule has 0 fully saturated rings. The number of nitrogens with zero attached hydrogens (tertiary/aromatic N) is 1. The summed E-state index contributed by atoms with van der Waals surface area (Å²) in [6, 6.07) is 0. The minimum absolute atomic E-state index is 0.243. The maximum Gasteiger partial charge on any atom is 0.356 e. The summed E-state index contributed by atoms with van der Waals surface area (Å²) in [4.78, 5) is 13.8.